The number of amides is 1. The molecule has 0 unspecified atom stereocenters. The van der Waals surface area contributed by atoms with Crippen LogP contribution in [0.15, 0.2) is 40.8 Å². The number of thioether (sulfide) groups is 1. The van der Waals surface area contributed by atoms with Gasteiger partial charge in [0, 0.05) is 23.2 Å². The number of carbonyl (C=O) groups excluding carboxylic acids is 1. The summed E-state index contributed by atoms with van der Waals surface area (Å²) in [6.45, 7) is 4.38. The summed E-state index contributed by atoms with van der Waals surface area (Å²) < 4.78 is 0. The Bertz CT molecular complexity index is 584. The number of para-hydroxylation sites is 1. The molecule has 0 saturated carbocycles. The number of benzene rings is 1. The third-order valence-corrected chi connectivity index (χ3v) is 5.65. The fourth-order valence-corrected chi connectivity index (χ4v) is 4.52. The molecule has 1 aromatic carbocycles. The molecule has 0 fully saturated rings. The number of fused-ring (bicyclic) bond motifs is 1. The molecule has 1 atom stereocenters. The molecule has 0 aromatic heterocycles. The molecule has 0 radical (unpaired) electrons. The second-order valence-electron chi connectivity index (χ2n) is 6.48. The first kappa shape index (κ1) is 16.4. The zero-order valence-corrected chi connectivity index (χ0v) is 14.7. The fraction of sp³-hybridized carbons (Fsp3) is 0.526. The van der Waals surface area contributed by atoms with Crippen molar-refractivity contribution in [2.24, 2.45) is 0 Å². The average Bonchev–Trinajstić information content (AvgIpc) is 2.55. The van der Waals surface area contributed by atoms with Gasteiger partial charge < -0.3 is 10.2 Å². The van der Waals surface area contributed by atoms with Crippen LogP contribution in [0.1, 0.15) is 39.0 Å². The summed E-state index contributed by atoms with van der Waals surface area (Å²) in [5, 5.41) is 3.61. The highest BCUT2D eigenvalue weighted by molar-refractivity contribution is 8.00. The van der Waals surface area contributed by atoms with E-state index in [9.17, 15) is 4.79 Å². The van der Waals surface area contributed by atoms with Crippen molar-refractivity contribution in [1.82, 2.24) is 5.32 Å². The van der Waals surface area contributed by atoms with Crippen molar-refractivity contribution < 1.29 is 4.79 Å². The van der Waals surface area contributed by atoms with Crippen molar-refractivity contribution >= 4 is 23.4 Å². The minimum Gasteiger partial charge on any atom is -0.360 e. The molecule has 4 heteroatoms. The highest BCUT2D eigenvalue weighted by Crippen LogP contribution is 2.37. The summed E-state index contributed by atoms with van der Waals surface area (Å²) >= 11 is 1.90. The second kappa shape index (κ2) is 7.91. The van der Waals surface area contributed by atoms with Gasteiger partial charge in [0.2, 0.25) is 5.91 Å². The number of anilines is 1. The van der Waals surface area contributed by atoms with Gasteiger partial charge in [-0.15, -0.1) is 11.8 Å². The Labute approximate surface area is 143 Å². The minimum atomic E-state index is 0.135. The standard InChI is InChI=1S/C19H26N2OS/c1-15-13-21(17-9-5-6-10-18(17)23-15)14-19(22)20-12-11-16-7-3-2-4-8-16/h5-7,9-10,15H,2-4,8,11-14H2,1H3,(H,20,22)/t15-/m0/s1. The second-order valence-corrected chi connectivity index (χ2v) is 7.97. The molecule has 124 valence electrons. The summed E-state index contributed by atoms with van der Waals surface area (Å²) in [7, 11) is 0. The van der Waals surface area contributed by atoms with E-state index in [4.69, 9.17) is 0 Å². The van der Waals surface area contributed by atoms with E-state index in [0.29, 0.717) is 11.8 Å². The van der Waals surface area contributed by atoms with Crippen LogP contribution >= 0.6 is 11.8 Å². The van der Waals surface area contributed by atoms with Gasteiger partial charge >= 0.3 is 0 Å². The molecular formula is C19H26N2OS. The molecule has 0 spiro atoms. The average molecular weight is 330 g/mol. The summed E-state index contributed by atoms with van der Waals surface area (Å²) in [6, 6.07) is 8.39. The van der Waals surface area contributed by atoms with Gasteiger partial charge in [0.25, 0.3) is 0 Å². The Hall–Kier alpha value is -1.42. The highest BCUT2D eigenvalue weighted by Gasteiger charge is 2.23. The van der Waals surface area contributed by atoms with Crippen LogP contribution in [0.5, 0.6) is 0 Å². The Morgan fingerprint density at radius 2 is 2.22 bits per heavy atom. The van der Waals surface area contributed by atoms with E-state index in [1.54, 1.807) is 0 Å². The number of rotatable bonds is 5. The van der Waals surface area contributed by atoms with Crippen molar-refractivity contribution in [3.8, 4) is 0 Å². The molecule has 2 aliphatic rings. The van der Waals surface area contributed by atoms with Gasteiger partial charge in [0.05, 0.1) is 12.2 Å². The first-order valence-corrected chi connectivity index (χ1v) is 9.55. The minimum absolute atomic E-state index is 0.135. The fourth-order valence-electron chi connectivity index (χ4n) is 3.35. The molecule has 0 bridgehead atoms. The quantitative estimate of drug-likeness (QED) is 0.829. The van der Waals surface area contributed by atoms with E-state index in [2.05, 4.69) is 47.5 Å². The van der Waals surface area contributed by atoms with Gasteiger partial charge in [-0.1, -0.05) is 30.7 Å². The topological polar surface area (TPSA) is 32.3 Å². The van der Waals surface area contributed by atoms with Crippen LogP contribution in [0, 0.1) is 0 Å². The summed E-state index contributed by atoms with van der Waals surface area (Å²) in [5.74, 6) is 0.135. The Morgan fingerprint density at radius 1 is 1.35 bits per heavy atom. The largest absolute Gasteiger partial charge is 0.360 e. The third kappa shape index (κ3) is 4.54. The Morgan fingerprint density at radius 3 is 3.04 bits per heavy atom. The molecule has 0 saturated heterocycles. The van der Waals surface area contributed by atoms with Gasteiger partial charge in [-0.05, 0) is 44.2 Å². The first-order valence-electron chi connectivity index (χ1n) is 8.67. The van der Waals surface area contributed by atoms with Gasteiger partial charge in [-0.25, -0.2) is 0 Å². The highest BCUT2D eigenvalue weighted by atomic mass is 32.2. The van der Waals surface area contributed by atoms with E-state index >= 15 is 0 Å². The van der Waals surface area contributed by atoms with Crippen LogP contribution in [-0.4, -0.2) is 30.8 Å². The van der Waals surface area contributed by atoms with Gasteiger partial charge in [0.1, 0.15) is 0 Å². The number of nitrogens with one attached hydrogen (secondary N) is 1. The monoisotopic (exact) mass is 330 g/mol. The molecule has 3 rings (SSSR count). The van der Waals surface area contributed by atoms with Crippen LogP contribution in [0.4, 0.5) is 5.69 Å². The SMILES string of the molecule is C[C@H]1CN(CC(=O)NCCC2=CCCCC2)c2ccccc2S1. The van der Waals surface area contributed by atoms with E-state index in [-0.39, 0.29) is 5.91 Å². The van der Waals surface area contributed by atoms with E-state index in [1.165, 1.54) is 41.8 Å². The molecule has 1 amide bonds. The third-order valence-electron chi connectivity index (χ3n) is 4.50. The number of carbonyl (C=O) groups is 1. The Balaban J connectivity index is 1.50. The molecule has 1 N–H and O–H groups in total. The predicted molar refractivity (Wildman–Crippen MR) is 98.2 cm³/mol. The van der Waals surface area contributed by atoms with Crippen molar-refractivity contribution in [2.45, 2.75) is 49.2 Å². The lowest BCUT2D eigenvalue weighted by atomic mass is 9.97. The van der Waals surface area contributed by atoms with Crippen molar-refractivity contribution in [1.29, 1.82) is 0 Å². The van der Waals surface area contributed by atoms with Gasteiger partial charge in [-0.2, -0.15) is 0 Å². The number of allylic oxidation sites excluding steroid dienone is 1. The van der Waals surface area contributed by atoms with E-state index in [0.717, 1.165) is 19.5 Å². The zero-order valence-electron chi connectivity index (χ0n) is 13.9. The van der Waals surface area contributed by atoms with Crippen molar-refractivity contribution in [3.05, 3.63) is 35.9 Å². The lowest BCUT2D eigenvalue weighted by molar-refractivity contribution is -0.119. The number of nitrogens with zero attached hydrogens (tertiary/aromatic N) is 1. The van der Waals surface area contributed by atoms with E-state index in [1.807, 2.05) is 11.8 Å². The zero-order chi connectivity index (χ0) is 16.1. The van der Waals surface area contributed by atoms with Crippen molar-refractivity contribution in [3.63, 3.8) is 0 Å². The number of hydrogen-bond acceptors (Lipinski definition) is 3. The van der Waals surface area contributed by atoms with Crippen LogP contribution in [-0.2, 0) is 4.79 Å². The maximum absolute atomic E-state index is 12.3. The lowest BCUT2D eigenvalue weighted by Crippen LogP contribution is -2.42. The molecule has 1 aromatic rings. The Kier molecular flexibility index (Phi) is 5.65. The summed E-state index contributed by atoms with van der Waals surface area (Å²) in [4.78, 5) is 15.8. The number of hydrogen-bond donors (Lipinski definition) is 1. The van der Waals surface area contributed by atoms with Gasteiger partial charge in [-0.3, -0.25) is 4.79 Å². The van der Waals surface area contributed by atoms with Crippen LogP contribution in [0.25, 0.3) is 0 Å². The molecule has 23 heavy (non-hydrogen) atoms. The van der Waals surface area contributed by atoms with Crippen LogP contribution in [0.2, 0.25) is 0 Å². The first-order chi connectivity index (χ1) is 11.2. The maximum atomic E-state index is 12.3. The molecular weight excluding hydrogens is 304 g/mol. The molecule has 1 heterocycles. The molecule has 1 aliphatic heterocycles. The normalized spacial score (nSPS) is 20.7. The summed E-state index contributed by atoms with van der Waals surface area (Å²) in [5.41, 5.74) is 2.71. The van der Waals surface area contributed by atoms with Crippen LogP contribution < -0.4 is 10.2 Å². The van der Waals surface area contributed by atoms with Crippen molar-refractivity contribution in [2.75, 3.05) is 24.5 Å². The smallest absolute Gasteiger partial charge is 0.239 e. The predicted octanol–water partition coefficient (Wildman–Crippen LogP) is 3.99. The molecule has 3 nitrogen and oxygen atoms in total. The van der Waals surface area contributed by atoms with Crippen LogP contribution in [0.3, 0.4) is 0 Å². The summed E-state index contributed by atoms with van der Waals surface area (Å²) in [6.07, 6.45) is 8.41. The van der Waals surface area contributed by atoms with Gasteiger partial charge in [0.15, 0.2) is 0 Å². The molecule has 1 aliphatic carbocycles. The van der Waals surface area contributed by atoms with E-state index < -0.39 is 0 Å². The maximum Gasteiger partial charge on any atom is 0.239 e. The lowest BCUT2D eigenvalue weighted by Gasteiger charge is -2.33.